The monoisotopic (exact) mass is 253 g/mol. The van der Waals surface area contributed by atoms with Crippen LogP contribution < -0.4 is 5.32 Å². The Morgan fingerprint density at radius 3 is 2.47 bits per heavy atom. The van der Waals surface area contributed by atoms with Crippen molar-refractivity contribution in [3.05, 3.63) is 24.3 Å². The first-order valence-corrected chi connectivity index (χ1v) is 5.60. The predicted octanol–water partition coefficient (Wildman–Crippen LogP) is 3.12. The molecule has 1 amide bonds. The van der Waals surface area contributed by atoms with Crippen LogP contribution >= 0.6 is 22.5 Å². The van der Waals surface area contributed by atoms with Crippen LogP contribution in [0, 0.1) is 0 Å². The Kier molecular flexibility index (Phi) is 3.92. The number of benzene rings is 1. The highest BCUT2D eigenvalue weighted by Gasteiger charge is 2.38. The van der Waals surface area contributed by atoms with Crippen LogP contribution in [0.1, 0.15) is 0 Å². The van der Waals surface area contributed by atoms with Gasteiger partial charge < -0.3 is 5.32 Å². The number of thiol groups is 1. The van der Waals surface area contributed by atoms with Gasteiger partial charge in [0.1, 0.15) is 0 Å². The Morgan fingerprint density at radius 1 is 1.33 bits per heavy atom. The van der Waals surface area contributed by atoms with Crippen molar-refractivity contribution in [2.75, 3.05) is 5.32 Å². The number of amides is 1. The van der Waals surface area contributed by atoms with E-state index in [1.807, 2.05) is 0 Å². The molecule has 0 aromatic heterocycles. The molecule has 0 aliphatic carbocycles. The number of rotatable bonds is 2. The lowest BCUT2D eigenvalue weighted by molar-refractivity contribution is -0.167. The minimum atomic E-state index is -4.88. The van der Waals surface area contributed by atoms with Crippen molar-refractivity contribution in [2.45, 2.75) is 11.1 Å². The summed E-state index contributed by atoms with van der Waals surface area (Å²) in [6.45, 7) is 0. The van der Waals surface area contributed by atoms with Gasteiger partial charge in [0.15, 0.2) is 0 Å². The summed E-state index contributed by atoms with van der Waals surface area (Å²) in [6, 6.07) is 6.10. The summed E-state index contributed by atoms with van der Waals surface area (Å²) in [7, 11) is 0.960. The molecule has 0 saturated heterocycles. The number of para-hydroxylation sites is 1. The fourth-order valence-electron chi connectivity index (χ4n) is 0.843. The quantitative estimate of drug-likeness (QED) is 0.626. The first-order chi connectivity index (χ1) is 6.95. The number of hydrogen-bond donors (Lipinski definition) is 2. The smallest absolute Gasteiger partial charge is 0.317 e. The van der Waals surface area contributed by atoms with E-state index in [0.717, 1.165) is 10.8 Å². The molecule has 1 aromatic rings. The molecule has 0 bridgehead atoms. The number of anilines is 1. The normalized spacial score (nSPS) is 11.2. The second kappa shape index (κ2) is 4.80. The minimum absolute atomic E-state index is 0.0971. The maximum atomic E-state index is 11.9. The van der Waals surface area contributed by atoms with E-state index in [0.29, 0.717) is 4.90 Å². The topological polar surface area (TPSA) is 29.1 Å². The SMILES string of the molecule is O=C(Nc1ccccc1SS)C(F)(F)F. The van der Waals surface area contributed by atoms with E-state index in [1.165, 1.54) is 12.1 Å². The van der Waals surface area contributed by atoms with Crippen molar-refractivity contribution in [1.29, 1.82) is 0 Å². The first-order valence-electron chi connectivity index (χ1n) is 3.74. The highest BCUT2D eigenvalue weighted by Crippen LogP contribution is 2.30. The molecule has 0 saturated carbocycles. The molecule has 82 valence electrons. The number of alkyl halides is 3. The van der Waals surface area contributed by atoms with Gasteiger partial charge in [-0.15, -0.1) is 11.7 Å². The third-order valence-corrected chi connectivity index (χ3v) is 2.63. The van der Waals surface area contributed by atoms with Gasteiger partial charge in [-0.2, -0.15) is 13.2 Å². The molecular weight excluding hydrogens is 247 g/mol. The fraction of sp³-hybridized carbons (Fsp3) is 0.125. The molecule has 2 nitrogen and oxygen atoms in total. The zero-order valence-corrected chi connectivity index (χ0v) is 8.92. The average molecular weight is 253 g/mol. The van der Waals surface area contributed by atoms with E-state index in [2.05, 4.69) is 11.7 Å². The number of halogens is 3. The van der Waals surface area contributed by atoms with E-state index in [9.17, 15) is 18.0 Å². The van der Waals surface area contributed by atoms with Crippen molar-refractivity contribution in [2.24, 2.45) is 0 Å². The van der Waals surface area contributed by atoms with Crippen LogP contribution in [0.2, 0.25) is 0 Å². The first kappa shape index (κ1) is 12.3. The van der Waals surface area contributed by atoms with Gasteiger partial charge in [-0.25, -0.2) is 0 Å². The maximum absolute atomic E-state index is 11.9. The molecule has 0 unspecified atom stereocenters. The molecular formula is C8H6F3NOS2. The predicted molar refractivity (Wildman–Crippen MR) is 56.0 cm³/mol. The molecule has 0 radical (unpaired) electrons. The van der Waals surface area contributed by atoms with Crippen LogP contribution in [-0.2, 0) is 4.79 Å². The third-order valence-electron chi connectivity index (χ3n) is 1.49. The molecule has 1 N–H and O–H groups in total. The number of carbonyl (C=O) groups is 1. The summed E-state index contributed by atoms with van der Waals surface area (Å²) in [6.07, 6.45) is -4.88. The van der Waals surface area contributed by atoms with Gasteiger partial charge in [0.2, 0.25) is 0 Å². The highest BCUT2D eigenvalue weighted by atomic mass is 33.1. The van der Waals surface area contributed by atoms with Crippen LogP contribution in [0.5, 0.6) is 0 Å². The molecule has 7 heteroatoms. The minimum Gasteiger partial charge on any atom is -0.317 e. The third kappa shape index (κ3) is 3.35. The summed E-state index contributed by atoms with van der Waals surface area (Å²) < 4.78 is 35.8. The van der Waals surface area contributed by atoms with Crippen LogP contribution in [0.15, 0.2) is 29.2 Å². The molecule has 0 spiro atoms. The van der Waals surface area contributed by atoms with Crippen molar-refractivity contribution in [3.63, 3.8) is 0 Å². The van der Waals surface area contributed by atoms with Crippen molar-refractivity contribution in [3.8, 4) is 0 Å². The van der Waals surface area contributed by atoms with Crippen LogP contribution in [0.4, 0.5) is 18.9 Å². The standard InChI is InChI=1S/C8H6F3NOS2/c9-8(10,11)7(13)12-5-3-1-2-4-6(5)15-14/h1-4,14H,(H,12,13). The van der Waals surface area contributed by atoms with E-state index >= 15 is 0 Å². The molecule has 0 aliphatic heterocycles. The van der Waals surface area contributed by atoms with Gasteiger partial charge in [0, 0.05) is 4.90 Å². The van der Waals surface area contributed by atoms with Gasteiger partial charge in [0.25, 0.3) is 0 Å². The van der Waals surface area contributed by atoms with Crippen LogP contribution in [-0.4, -0.2) is 12.1 Å². The lowest BCUT2D eigenvalue weighted by Crippen LogP contribution is -2.30. The number of carbonyl (C=O) groups excluding carboxylic acids is 1. The number of hydrogen-bond acceptors (Lipinski definition) is 3. The molecule has 0 atom stereocenters. The maximum Gasteiger partial charge on any atom is 0.471 e. The second-order valence-corrected chi connectivity index (χ2v) is 3.71. The van der Waals surface area contributed by atoms with Gasteiger partial charge in [-0.3, -0.25) is 4.79 Å². The second-order valence-electron chi connectivity index (χ2n) is 2.54. The van der Waals surface area contributed by atoms with Gasteiger partial charge in [-0.1, -0.05) is 22.9 Å². The van der Waals surface area contributed by atoms with Crippen LogP contribution in [0.3, 0.4) is 0 Å². The van der Waals surface area contributed by atoms with E-state index < -0.39 is 12.1 Å². The molecule has 0 fully saturated rings. The van der Waals surface area contributed by atoms with Gasteiger partial charge >= 0.3 is 12.1 Å². The fourth-order valence-corrected chi connectivity index (χ4v) is 1.68. The molecule has 1 aromatic carbocycles. The highest BCUT2D eigenvalue weighted by molar-refractivity contribution is 8.68. The van der Waals surface area contributed by atoms with E-state index in [-0.39, 0.29) is 5.69 Å². The Bertz CT molecular complexity index is 367. The van der Waals surface area contributed by atoms with Crippen molar-refractivity contribution < 1.29 is 18.0 Å². The zero-order valence-electron chi connectivity index (χ0n) is 7.21. The summed E-state index contributed by atoms with van der Waals surface area (Å²) in [5.41, 5.74) is 0.0971. The lowest BCUT2D eigenvalue weighted by atomic mass is 10.3. The number of nitrogens with one attached hydrogen (secondary N) is 1. The average Bonchev–Trinajstić information content (AvgIpc) is 2.17. The Balaban J connectivity index is 2.85. The van der Waals surface area contributed by atoms with E-state index in [4.69, 9.17) is 0 Å². The molecule has 1 rings (SSSR count). The summed E-state index contributed by atoms with van der Waals surface area (Å²) >= 11 is 3.86. The lowest BCUT2D eigenvalue weighted by Gasteiger charge is -2.10. The van der Waals surface area contributed by atoms with Crippen LogP contribution in [0.25, 0.3) is 0 Å². The molecule has 15 heavy (non-hydrogen) atoms. The molecule has 0 heterocycles. The Morgan fingerprint density at radius 2 is 1.93 bits per heavy atom. The zero-order chi connectivity index (χ0) is 11.5. The van der Waals surface area contributed by atoms with Crippen molar-refractivity contribution in [1.82, 2.24) is 0 Å². The van der Waals surface area contributed by atoms with Gasteiger partial charge in [0.05, 0.1) is 5.69 Å². The van der Waals surface area contributed by atoms with E-state index in [1.54, 1.807) is 17.4 Å². The summed E-state index contributed by atoms with van der Waals surface area (Å²) in [5.74, 6) is -1.99. The Hall–Kier alpha value is -0.820. The van der Waals surface area contributed by atoms with Crippen molar-refractivity contribution >= 4 is 34.0 Å². The Labute approximate surface area is 93.0 Å². The summed E-state index contributed by atoms with van der Waals surface area (Å²) in [4.78, 5) is 11.1. The summed E-state index contributed by atoms with van der Waals surface area (Å²) in [5, 5.41) is 1.77. The van der Waals surface area contributed by atoms with Gasteiger partial charge in [-0.05, 0) is 12.1 Å². The molecule has 0 aliphatic rings. The largest absolute Gasteiger partial charge is 0.471 e.